The van der Waals surface area contributed by atoms with Crippen molar-refractivity contribution < 1.29 is 22.7 Å². The van der Waals surface area contributed by atoms with Crippen LogP contribution in [0.25, 0.3) is 0 Å². The number of alkyl halides is 1. The largest absolute Gasteiger partial charge is 0.448 e. The van der Waals surface area contributed by atoms with Gasteiger partial charge in [-0.3, -0.25) is 9.79 Å². The number of aromatic nitrogens is 1. The van der Waals surface area contributed by atoms with Crippen LogP contribution in [0.1, 0.15) is 47.6 Å². The maximum absolute atomic E-state index is 15.6. The van der Waals surface area contributed by atoms with E-state index < -0.39 is 17.0 Å². The zero-order valence-corrected chi connectivity index (χ0v) is 16.1. The maximum Gasteiger partial charge on any atom is 0.189 e. The minimum atomic E-state index is -1.99. The average Bonchev–Trinajstić information content (AvgIpc) is 3.02. The van der Waals surface area contributed by atoms with Gasteiger partial charge in [0, 0.05) is 12.0 Å². The number of halogens is 2. The minimum Gasteiger partial charge on any atom is -0.448 e. The van der Waals surface area contributed by atoms with Crippen LogP contribution in [0.2, 0.25) is 0 Å². The van der Waals surface area contributed by atoms with Crippen LogP contribution in [0.5, 0.6) is 0 Å². The summed E-state index contributed by atoms with van der Waals surface area (Å²) < 4.78 is 40.8. The van der Waals surface area contributed by atoms with Crippen molar-refractivity contribution in [2.24, 2.45) is 10.7 Å². The third-order valence-corrected chi connectivity index (χ3v) is 5.18. The van der Waals surface area contributed by atoms with Crippen LogP contribution in [0.15, 0.2) is 34.0 Å². The molecule has 28 heavy (non-hydrogen) atoms. The second kappa shape index (κ2) is 7.43. The van der Waals surface area contributed by atoms with Crippen LogP contribution in [0, 0.1) is 12.7 Å². The topological polar surface area (TPSA) is 90.7 Å². The molecule has 0 radical (unpaired) electrons. The molecule has 3 rings (SSSR count). The van der Waals surface area contributed by atoms with Gasteiger partial charge in [-0.2, -0.15) is 0 Å². The van der Waals surface area contributed by atoms with Gasteiger partial charge in [-0.15, -0.1) is 0 Å². The van der Waals surface area contributed by atoms with Gasteiger partial charge < -0.3 is 14.9 Å². The number of nitrogens with two attached hydrogens (primary N) is 1. The van der Waals surface area contributed by atoms with E-state index in [-0.39, 0.29) is 48.9 Å². The molecular weight excluding hydrogens is 368 g/mol. The number of oxazole rings is 1. The number of aryl methyl sites for hydroxylation is 1. The highest BCUT2D eigenvalue weighted by atomic mass is 19.1. The molecule has 0 bridgehead atoms. The average molecular weight is 391 g/mol. The molecule has 0 aliphatic carbocycles. The van der Waals surface area contributed by atoms with Crippen LogP contribution in [-0.2, 0) is 16.7 Å². The summed E-state index contributed by atoms with van der Waals surface area (Å²) in [7, 11) is 0. The molecule has 0 fully saturated rings. The summed E-state index contributed by atoms with van der Waals surface area (Å²) in [6.07, 6.45) is 1.34. The maximum atomic E-state index is 15.6. The number of hydrogen-bond donors (Lipinski definition) is 1. The number of carbonyl (C=O) groups is 1. The van der Waals surface area contributed by atoms with Gasteiger partial charge in [-0.25, -0.2) is 13.8 Å². The number of nitrogens with zero attached hydrogens (tertiary/aromatic N) is 2. The fraction of sp³-hybridized carbons (Fsp3) is 0.450. The SMILES string of the molecule is CC[C@]1(c2cc(CC(=O)c3ncoc3C)ccc2F)N=C(N)COCC1(C)F. The molecule has 1 unspecified atom stereocenters. The Kier molecular flexibility index (Phi) is 5.34. The normalized spacial score (nSPS) is 25.2. The van der Waals surface area contributed by atoms with E-state index in [9.17, 15) is 9.18 Å². The molecule has 0 spiro atoms. The summed E-state index contributed by atoms with van der Waals surface area (Å²) >= 11 is 0. The lowest BCUT2D eigenvalue weighted by Gasteiger charge is -2.39. The van der Waals surface area contributed by atoms with Gasteiger partial charge in [0.15, 0.2) is 17.8 Å². The Balaban J connectivity index is 2.05. The summed E-state index contributed by atoms with van der Waals surface area (Å²) in [6.45, 7) is 4.39. The van der Waals surface area contributed by atoms with E-state index in [4.69, 9.17) is 14.9 Å². The molecule has 0 amide bonds. The second-order valence-corrected chi connectivity index (χ2v) is 7.18. The molecule has 2 aromatic rings. The molecule has 6 nitrogen and oxygen atoms in total. The number of aliphatic imine (C=N–C) groups is 1. The highest BCUT2D eigenvalue weighted by Gasteiger charge is 2.52. The number of ether oxygens (including phenoxy) is 1. The standard InChI is InChI=1S/C20H23F2N3O3/c1-4-20(19(3,22)10-27-9-17(23)25-20)14-7-13(5-6-15(14)21)8-16(26)18-12(2)28-11-24-18/h5-7,11H,4,8-10H2,1-3H3,(H2,23,25)/t19?,20-/m1/s1. The van der Waals surface area contributed by atoms with Crippen molar-refractivity contribution in [1.82, 2.24) is 4.98 Å². The van der Waals surface area contributed by atoms with Crippen LogP contribution in [0.4, 0.5) is 8.78 Å². The van der Waals surface area contributed by atoms with Crippen LogP contribution < -0.4 is 5.73 Å². The highest BCUT2D eigenvalue weighted by Crippen LogP contribution is 2.45. The first-order chi connectivity index (χ1) is 13.2. The lowest BCUT2D eigenvalue weighted by molar-refractivity contribution is -0.00941. The van der Waals surface area contributed by atoms with Crippen molar-refractivity contribution in [3.8, 4) is 0 Å². The molecule has 8 heteroatoms. The number of benzene rings is 1. The fourth-order valence-corrected chi connectivity index (χ4v) is 3.68. The van der Waals surface area contributed by atoms with Crippen molar-refractivity contribution >= 4 is 11.6 Å². The molecule has 1 aromatic carbocycles. The number of hydrogen-bond acceptors (Lipinski definition) is 6. The van der Waals surface area contributed by atoms with E-state index >= 15 is 4.39 Å². The molecule has 150 valence electrons. The third kappa shape index (κ3) is 3.44. The van der Waals surface area contributed by atoms with E-state index in [2.05, 4.69) is 9.98 Å². The smallest absolute Gasteiger partial charge is 0.189 e. The number of carbonyl (C=O) groups excluding carboxylic acids is 1. The van der Waals surface area contributed by atoms with E-state index in [1.54, 1.807) is 13.8 Å². The molecule has 0 saturated heterocycles. The first-order valence-corrected chi connectivity index (χ1v) is 9.03. The van der Waals surface area contributed by atoms with E-state index in [1.165, 1.54) is 31.5 Å². The second-order valence-electron chi connectivity index (χ2n) is 7.18. The zero-order chi connectivity index (χ0) is 20.5. The van der Waals surface area contributed by atoms with Gasteiger partial charge in [0.2, 0.25) is 0 Å². The van der Waals surface area contributed by atoms with E-state index in [0.717, 1.165) is 0 Å². The molecule has 1 aliphatic heterocycles. The highest BCUT2D eigenvalue weighted by molar-refractivity contribution is 5.96. The first-order valence-electron chi connectivity index (χ1n) is 9.03. The molecule has 2 N–H and O–H groups in total. The number of rotatable bonds is 5. The monoisotopic (exact) mass is 391 g/mol. The Bertz CT molecular complexity index is 923. The van der Waals surface area contributed by atoms with Gasteiger partial charge in [0.05, 0.1) is 6.61 Å². The van der Waals surface area contributed by atoms with Crippen molar-refractivity contribution in [1.29, 1.82) is 0 Å². The van der Waals surface area contributed by atoms with Crippen molar-refractivity contribution in [3.05, 3.63) is 53.0 Å². The lowest BCUT2D eigenvalue weighted by atomic mass is 9.74. The Morgan fingerprint density at radius 1 is 1.39 bits per heavy atom. The Labute approximate surface area is 161 Å². The van der Waals surface area contributed by atoms with Gasteiger partial charge in [0.25, 0.3) is 0 Å². The Morgan fingerprint density at radius 3 is 2.79 bits per heavy atom. The minimum absolute atomic E-state index is 0.0213. The van der Waals surface area contributed by atoms with Crippen LogP contribution >= 0.6 is 0 Å². The van der Waals surface area contributed by atoms with Crippen LogP contribution in [0.3, 0.4) is 0 Å². The molecular formula is C20H23F2N3O3. The zero-order valence-electron chi connectivity index (χ0n) is 16.1. The molecule has 0 saturated carbocycles. The van der Waals surface area contributed by atoms with E-state index in [0.29, 0.717) is 11.3 Å². The van der Waals surface area contributed by atoms with Gasteiger partial charge in [-0.1, -0.05) is 13.0 Å². The summed E-state index contributed by atoms with van der Waals surface area (Å²) in [4.78, 5) is 20.7. The Morgan fingerprint density at radius 2 is 2.14 bits per heavy atom. The van der Waals surface area contributed by atoms with Gasteiger partial charge in [0.1, 0.15) is 35.3 Å². The summed E-state index contributed by atoms with van der Waals surface area (Å²) in [5.41, 5.74) is 3.10. The molecule has 2 atom stereocenters. The molecule has 1 aliphatic rings. The number of Topliss-reactive ketones (excluding diaryl/α,β-unsaturated/α-hetero) is 1. The predicted octanol–water partition coefficient (Wildman–Crippen LogP) is 3.27. The van der Waals surface area contributed by atoms with Crippen molar-refractivity contribution in [2.45, 2.75) is 44.8 Å². The molecule has 2 heterocycles. The summed E-state index contributed by atoms with van der Waals surface area (Å²) in [5.74, 6) is -0.378. The Hall–Kier alpha value is -2.61. The predicted molar refractivity (Wildman–Crippen MR) is 99.6 cm³/mol. The van der Waals surface area contributed by atoms with Crippen molar-refractivity contribution in [3.63, 3.8) is 0 Å². The summed E-state index contributed by atoms with van der Waals surface area (Å²) in [5, 5.41) is 0. The molecule has 1 aromatic heterocycles. The first kappa shape index (κ1) is 20.1. The van der Waals surface area contributed by atoms with Gasteiger partial charge in [-0.05, 0) is 38.0 Å². The number of ketones is 1. The van der Waals surface area contributed by atoms with Gasteiger partial charge >= 0.3 is 0 Å². The summed E-state index contributed by atoms with van der Waals surface area (Å²) in [6, 6.07) is 4.19. The van der Waals surface area contributed by atoms with Crippen LogP contribution in [-0.4, -0.2) is 35.5 Å². The lowest BCUT2D eigenvalue weighted by Crippen LogP contribution is -2.48. The van der Waals surface area contributed by atoms with Crippen molar-refractivity contribution in [2.75, 3.05) is 13.2 Å². The quantitative estimate of drug-likeness (QED) is 0.790. The third-order valence-electron chi connectivity index (χ3n) is 5.18. The van der Waals surface area contributed by atoms with E-state index in [1.807, 2.05) is 0 Å². The fourth-order valence-electron chi connectivity index (χ4n) is 3.68. The number of amidine groups is 1.